The van der Waals surface area contributed by atoms with Crippen LogP contribution in [0.4, 0.5) is 0 Å². The molecule has 0 bridgehead atoms. The van der Waals surface area contributed by atoms with E-state index in [2.05, 4.69) is 5.32 Å². The summed E-state index contributed by atoms with van der Waals surface area (Å²) in [6, 6.07) is 20.0. The zero-order valence-electron chi connectivity index (χ0n) is 13.4. The summed E-state index contributed by atoms with van der Waals surface area (Å²) in [5, 5.41) is 11.5. The van der Waals surface area contributed by atoms with Gasteiger partial charge in [0.25, 0.3) is 0 Å². The minimum atomic E-state index is -0.834. The van der Waals surface area contributed by atoms with Crippen LogP contribution in [0.5, 0.6) is 0 Å². The molecule has 0 saturated carbocycles. The lowest BCUT2D eigenvalue weighted by atomic mass is 9.88. The summed E-state index contributed by atoms with van der Waals surface area (Å²) in [7, 11) is 0. The summed E-state index contributed by atoms with van der Waals surface area (Å²) in [5.41, 5.74) is 2.22. The lowest BCUT2D eigenvalue weighted by Crippen LogP contribution is -2.27. The van der Waals surface area contributed by atoms with Crippen LogP contribution in [0, 0.1) is 0 Å². The predicted molar refractivity (Wildman–Crippen MR) is 97.3 cm³/mol. The van der Waals surface area contributed by atoms with Crippen LogP contribution in [0.15, 0.2) is 60.7 Å². The first-order valence-electron chi connectivity index (χ1n) is 7.83. The van der Waals surface area contributed by atoms with Gasteiger partial charge in [-0.3, -0.25) is 9.59 Å². The minimum absolute atomic E-state index is 0.0130. The first kappa shape index (κ1) is 18.1. The molecule has 0 aliphatic carbocycles. The molecule has 0 aromatic heterocycles. The smallest absolute Gasteiger partial charge is 0.313 e. The Morgan fingerprint density at radius 3 is 2.00 bits per heavy atom. The van der Waals surface area contributed by atoms with Crippen molar-refractivity contribution in [3.8, 4) is 0 Å². The van der Waals surface area contributed by atoms with E-state index in [-0.39, 0.29) is 17.6 Å². The third-order valence-electron chi connectivity index (χ3n) is 3.59. The van der Waals surface area contributed by atoms with Crippen LogP contribution in [0.25, 0.3) is 0 Å². The van der Waals surface area contributed by atoms with Crippen LogP contribution in [0.3, 0.4) is 0 Å². The van der Waals surface area contributed by atoms with Gasteiger partial charge in [-0.15, -0.1) is 11.8 Å². The molecule has 2 rings (SSSR count). The second-order valence-electron chi connectivity index (χ2n) is 5.37. The Morgan fingerprint density at radius 1 is 0.958 bits per heavy atom. The zero-order chi connectivity index (χ0) is 17.2. The number of carboxylic acids is 1. The largest absolute Gasteiger partial charge is 0.481 e. The van der Waals surface area contributed by atoms with Crippen molar-refractivity contribution in [1.82, 2.24) is 5.32 Å². The maximum Gasteiger partial charge on any atom is 0.313 e. The molecule has 0 heterocycles. The predicted octanol–water partition coefficient (Wildman–Crippen LogP) is 3.14. The van der Waals surface area contributed by atoms with E-state index in [1.807, 2.05) is 60.7 Å². The van der Waals surface area contributed by atoms with Gasteiger partial charge in [0.2, 0.25) is 5.91 Å². The van der Waals surface area contributed by atoms with Crippen LogP contribution in [-0.2, 0) is 9.59 Å². The molecule has 4 nitrogen and oxygen atoms in total. The van der Waals surface area contributed by atoms with Gasteiger partial charge in [-0.1, -0.05) is 60.7 Å². The minimum Gasteiger partial charge on any atom is -0.481 e. The number of benzene rings is 2. The molecule has 0 fully saturated rings. The molecule has 2 aromatic carbocycles. The SMILES string of the molecule is O=C(O)CSCCNC(=O)CC(c1ccccc1)c1ccccc1. The van der Waals surface area contributed by atoms with Crippen LogP contribution >= 0.6 is 11.8 Å². The summed E-state index contributed by atoms with van der Waals surface area (Å²) in [6.07, 6.45) is 0.373. The Balaban J connectivity index is 1.94. The number of rotatable bonds is 9. The van der Waals surface area contributed by atoms with E-state index in [9.17, 15) is 9.59 Å². The highest BCUT2D eigenvalue weighted by atomic mass is 32.2. The number of nitrogens with one attached hydrogen (secondary N) is 1. The van der Waals surface area contributed by atoms with Gasteiger partial charge >= 0.3 is 5.97 Å². The van der Waals surface area contributed by atoms with Gasteiger partial charge in [-0.25, -0.2) is 0 Å². The fourth-order valence-corrected chi connectivity index (χ4v) is 3.04. The van der Waals surface area contributed by atoms with E-state index in [1.54, 1.807) is 0 Å². The summed E-state index contributed by atoms with van der Waals surface area (Å²) in [5.74, 6) is -0.187. The molecule has 0 aliphatic rings. The van der Waals surface area contributed by atoms with Crippen LogP contribution in [0.2, 0.25) is 0 Å². The second kappa shape index (κ2) is 9.78. The Hall–Kier alpha value is -2.27. The highest BCUT2D eigenvalue weighted by Crippen LogP contribution is 2.27. The summed E-state index contributed by atoms with van der Waals surface area (Å²) in [6.45, 7) is 0.479. The molecule has 2 N–H and O–H groups in total. The molecule has 0 spiro atoms. The number of aliphatic carboxylic acids is 1. The van der Waals surface area contributed by atoms with E-state index in [4.69, 9.17) is 5.11 Å². The zero-order valence-corrected chi connectivity index (χ0v) is 14.2. The Kier molecular flexibility index (Phi) is 7.36. The molecular formula is C19H21NO3S. The fraction of sp³-hybridized carbons (Fsp3) is 0.263. The van der Waals surface area contributed by atoms with E-state index in [0.29, 0.717) is 18.7 Å². The van der Waals surface area contributed by atoms with E-state index < -0.39 is 5.97 Å². The maximum absolute atomic E-state index is 12.3. The van der Waals surface area contributed by atoms with Crippen LogP contribution in [-0.4, -0.2) is 35.0 Å². The van der Waals surface area contributed by atoms with Crippen molar-refractivity contribution >= 4 is 23.6 Å². The van der Waals surface area contributed by atoms with Gasteiger partial charge in [0.05, 0.1) is 5.75 Å². The quantitative estimate of drug-likeness (QED) is 0.687. The highest BCUT2D eigenvalue weighted by molar-refractivity contribution is 7.99. The van der Waals surface area contributed by atoms with E-state index in [0.717, 1.165) is 11.1 Å². The molecule has 0 aliphatic heterocycles. The van der Waals surface area contributed by atoms with Crippen molar-refractivity contribution in [3.05, 3.63) is 71.8 Å². The van der Waals surface area contributed by atoms with Crippen molar-refractivity contribution in [2.24, 2.45) is 0 Å². The topological polar surface area (TPSA) is 66.4 Å². The molecule has 0 radical (unpaired) electrons. The molecule has 5 heteroatoms. The number of carboxylic acid groups (broad SMARTS) is 1. The third-order valence-corrected chi connectivity index (χ3v) is 4.53. The molecule has 2 aromatic rings. The van der Waals surface area contributed by atoms with Crippen LogP contribution in [0.1, 0.15) is 23.5 Å². The number of carbonyl (C=O) groups excluding carboxylic acids is 1. The Bertz CT molecular complexity index is 607. The van der Waals surface area contributed by atoms with Crippen molar-refractivity contribution in [2.75, 3.05) is 18.1 Å². The number of thioether (sulfide) groups is 1. The molecular weight excluding hydrogens is 322 g/mol. The second-order valence-corrected chi connectivity index (χ2v) is 6.48. The first-order chi connectivity index (χ1) is 11.7. The van der Waals surface area contributed by atoms with Crippen LogP contribution < -0.4 is 5.32 Å². The van der Waals surface area contributed by atoms with Gasteiger partial charge < -0.3 is 10.4 Å². The lowest BCUT2D eigenvalue weighted by molar-refractivity contribution is -0.133. The number of amides is 1. The van der Waals surface area contributed by atoms with Gasteiger partial charge in [0.1, 0.15) is 0 Å². The van der Waals surface area contributed by atoms with Gasteiger partial charge in [0.15, 0.2) is 0 Å². The van der Waals surface area contributed by atoms with Gasteiger partial charge in [-0.2, -0.15) is 0 Å². The average Bonchev–Trinajstić information content (AvgIpc) is 2.60. The molecule has 24 heavy (non-hydrogen) atoms. The molecule has 1 amide bonds. The summed E-state index contributed by atoms with van der Waals surface area (Å²) >= 11 is 1.30. The van der Waals surface area contributed by atoms with E-state index >= 15 is 0 Å². The van der Waals surface area contributed by atoms with E-state index in [1.165, 1.54) is 11.8 Å². The Labute approximate surface area is 146 Å². The highest BCUT2D eigenvalue weighted by Gasteiger charge is 2.17. The number of hydrogen-bond donors (Lipinski definition) is 2. The van der Waals surface area contributed by atoms with Crippen molar-refractivity contribution < 1.29 is 14.7 Å². The van der Waals surface area contributed by atoms with Gasteiger partial charge in [-0.05, 0) is 11.1 Å². The average molecular weight is 343 g/mol. The number of hydrogen-bond acceptors (Lipinski definition) is 3. The molecule has 126 valence electrons. The number of carbonyl (C=O) groups is 2. The van der Waals surface area contributed by atoms with Crippen molar-refractivity contribution in [2.45, 2.75) is 12.3 Å². The molecule has 0 saturated heterocycles. The fourth-order valence-electron chi connectivity index (χ4n) is 2.48. The normalized spacial score (nSPS) is 10.5. The summed E-state index contributed by atoms with van der Waals surface area (Å²) < 4.78 is 0. The third kappa shape index (κ3) is 6.08. The van der Waals surface area contributed by atoms with Crippen molar-refractivity contribution in [1.29, 1.82) is 0 Å². The first-order valence-corrected chi connectivity index (χ1v) is 8.98. The summed E-state index contributed by atoms with van der Waals surface area (Å²) in [4.78, 5) is 22.7. The van der Waals surface area contributed by atoms with Gasteiger partial charge in [0, 0.05) is 24.6 Å². The maximum atomic E-state index is 12.3. The Morgan fingerprint density at radius 2 is 1.50 bits per heavy atom. The standard InChI is InChI=1S/C19H21NO3S/c21-18(20-11-12-24-14-19(22)23)13-17(15-7-3-1-4-8-15)16-9-5-2-6-10-16/h1-10,17H,11-14H2,(H,20,21)(H,22,23). The lowest BCUT2D eigenvalue weighted by Gasteiger charge is -2.18. The molecule has 0 unspecified atom stereocenters. The molecule has 0 atom stereocenters. The monoisotopic (exact) mass is 343 g/mol. The van der Waals surface area contributed by atoms with Crippen molar-refractivity contribution in [3.63, 3.8) is 0 Å².